The molecule has 2 aromatic rings. The fourth-order valence-electron chi connectivity index (χ4n) is 2.72. The van der Waals surface area contributed by atoms with Crippen molar-refractivity contribution in [2.24, 2.45) is 0 Å². The SMILES string of the molecule is C=CCOc1ccc(C[NH+](C)CC(=O)NCC(=O)Nc2cccc(Cl)c2C)cc1. The number of benzene rings is 2. The predicted octanol–water partition coefficient (Wildman–Crippen LogP) is 1.98. The van der Waals surface area contributed by atoms with Gasteiger partial charge in [-0.15, -0.1) is 0 Å². The van der Waals surface area contributed by atoms with Crippen LogP contribution in [0.2, 0.25) is 5.02 Å². The molecule has 1 atom stereocenters. The molecule has 0 saturated carbocycles. The van der Waals surface area contributed by atoms with Gasteiger partial charge in [0.2, 0.25) is 5.91 Å². The molecule has 2 aromatic carbocycles. The van der Waals surface area contributed by atoms with Gasteiger partial charge >= 0.3 is 0 Å². The van der Waals surface area contributed by atoms with Gasteiger partial charge in [0, 0.05) is 16.3 Å². The molecule has 0 radical (unpaired) electrons. The first-order chi connectivity index (χ1) is 13.9. The Hall–Kier alpha value is -2.83. The average molecular weight is 417 g/mol. The van der Waals surface area contributed by atoms with Crippen molar-refractivity contribution in [3.63, 3.8) is 0 Å². The molecule has 0 aliphatic heterocycles. The Bertz CT molecular complexity index is 853. The lowest BCUT2D eigenvalue weighted by molar-refractivity contribution is -0.885. The summed E-state index contributed by atoms with van der Waals surface area (Å²) in [4.78, 5) is 25.2. The second-order valence-corrected chi connectivity index (χ2v) is 7.20. The van der Waals surface area contributed by atoms with Crippen molar-refractivity contribution in [2.75, 3.05) is 32.1 Å². The minimum atomic E-state index is -0.295. The Morgan fingerprint density at radius 2 is 1.90 bits per heavy atom. The van der Waals surface area contributed by atoms with Crippen molar-refractivity contribution in [3.8, 4) is 5.75 Å². The highest BCUT2D eigenvalue weighted by Crippen LogP contribution is 2.22. The van der Waals surface area contributed by atoms with Crippen molar-refractivity contribution in [3.05, 3.63) is 71.3 Å². The second kappa shape index (κ2) is 11.2. The molecule has 0 heterocycles. The van der Waals surface area contributed by atoms with E-state index in [1.54, 1.807) is 24.3 Å². The topological polar surface area (TPSA) is 71.9 Å². The first-order valence-corrected chi connectivity index (χ1v) is 9.72. The van der Waals surface area contributed by atoms with E-state index < -0.39 is 0 Å². The molecule has 0 saturated heterocycles. The van der Waals surface area contributed by atoms with E-state index in [-0.39, 0.29) is 24.9 Å². The number of carbonyl (C=O) groups excluding carboxylic acids is 2. The molecule has 0 aliphatic rings. The molecule has 29 heavy (non-hydrogen) atoms. The fraction of sp³-hybridized carbons (Fsp3) is 0.273. The van der Waals surface area contributed by atoms with Crippen LogP contribution >= 0.6 is 11.6 Å². The Balaban J connectivity index is 1.74. The smallest absolute Gasteiger partial charge is 0.275 e. The van der Waals surface area contributed by atoms with Crippen molar-refractivity contribution < 1.29 is 19.2 Å². The van der Waals surface area contributed by atoms with E-state index in [1.807, 2.05) is 38.2 Å². The van der Waals surface area contributed by atoms with Gasteiger partial charge in [0.1, 0.15) is 18.9 Å². The average Bonchev–Trinajstić information content (AvgIpc) is 2.69. The number of hydrogen-bond donors (Lipinski definition) is 3. The number of quaternary nitrogens is 1. The van der Waals surface area contributed by atoms with Crippen LogP contribution in [0.5, 0.6) is 5.75 Å². The fourth-order valence-corrected chi connectivity index (χ4v) is 2.90. The van der Waals surface area contributed by atoms with Crippen molar-refractivity contribution in [1.29, 1.82) is 0 Å². The first-order valence-electron chi connectivity index (χ1n) is 9.34. The van der Waals surface area contributed by atoms with E-state index in [0.717, 1.165) is 21.8 Å². The van der Waals surface area contributed by atoms with Crippen LogP contribution in [0.4, 0.5) is 5.69 Å². The Morgan fingerprint density at radius 3 is 2.59 bits per heavy atom. The lowest BCUT2D eigenvalue weighted by atomic mass is 10.2. The molecule has 6 nitrogen and oxygen atoms in total. The maximum Gasteiger partial charge on any atom is 0.275 e. The summed E-state index contributed by atoms with van der Waals surface area (Å²) in [7, 11) is 1.93. The van der Waals surface area contributed by atoms with Gasteiger partial charge in [-0.1, -0.05) is 30.3 Å². The third kappa shape index (κ3) is 7.60. The number of amides is 2. The Labute approximate surface area is 176 Å². The molecule has 2 rings (SSSR count). The molecule has 0 bridgehead atoms. The summed E-state index contributed by atoms with van der Waals surface area (Å²) in [5, 5.41) is 5.99. The third-order valence-corrected chi connectivity index (χ3v) is 4.66. The number of anilines is 1. The Kier molecular flexibility index (Phi) is 8.70. The number of hydrogen-bond acceptors (Lipinski definition) is 3. The van der Waals surface area contributed by atoms with E-state index in [1.165, 1.54) is 0 Å². The molecule has 0 aliphatic carbocycles. The molecule has 0 spiro atoms. The molecule has 7 heteroatoms. The molecular weight excluding hydrogens is 390 g/mol. The highest BCUT2D eigenvalue weighted by atomic mass is 35.5. The summed E-state index contributed by atoms with van der Waals surface area (Å²) >= 11 is 6.04. The predicted molar refractivity (Wildman–Crippen MR) is 115 cm³/mol. The Morgan fingerprint density at radius 1 is 1.17 bits per heavy atom. The van der Waals surface area contributed by atoms with E-state index >= 15 is 0 Å². The van der Waals surface area contributed by atoms with E-state index in [4.69, 9.17) is 16.3 Å². The molecule has 2 amide bonds. The largest absolute Gasteiger partial charge is 0.490 e. The first kappa shape index (κ1) is 22.5. The number of halogens is 1. The van der Waals surface area contributed by atoms with Crippen molar-refractivity contribution in [1.82, 2.24) is 5.32 Å². The highest BCUT2D eigenvalue weighted by molar-refractivity contribution is 6.31. The molecule has 0 fully saturated rings. The van der Waals surface area contributed by atoms with Crippen molar-refractivity contribution in [2.45, 2.75) is 13.5 Å². The molecule has 154 valence electrons. The van der Waals surface area contributed by atoms with Gasteiger partial charge in [-0.25, -0.2) is 0 Å². The summed E-state index contributed by atoms with van der Waals surface area (Å²) in [6.45, 7) is 6.77. The van der Waals surface area contributed by atoms with Gasteiger partial charge in [0.05, 0.1) is 13.6 Å². The maximum absolute atomic E-state index is 12.1. The van der Waals surface area contributed by atoms with Crippen LogP contribution in [0.1, 0.15) is 11.1 Å². The van der Waals surface area contributed by atoms with Gasteiger partial charge in [0.15, 0.2) is 6.54 Å². The minimum Gasteiger partial charge on any atom is -0.490 e. The minimum absolute atomic E-state index is 0.0899. The van der Waals surface area contributed by atoms with Gasteiger partial charge in [-0.2, -0.15) is 0 Å². The van der Waals surface area contributed by atoms with Gasteiger partial charge < -0.3 is 20.3 Å². The molecule has 1 unspecified atom stereocenters. The maximum atomic E-state index is 12.1. The zero-order valence-electron chi connectivity index (χ0n) is 16.8. The van der Waals surface area contributed by atoms with Crippen LogP contribution in [0.3, 0.4) is 0 Å². The number of carbonyl (C=O) groups is 2. The molecule has 0 aromatic heterocycles. The lowest BCUT2D eigenvalue weighted by Gasteiger charge is -2.14. The monoisotopic (exact) mass is 416 g/mol. The van der Waals surface area contributed by atoms with Gasteiger partial charge in [-0.05, 0) is 48.9 Å². The summed E-state index contributed by atoms with van der Waals surface area (Å²) in [5.74, 6) is 0.299. The number of ether oxygens (including phenoxy) is 1. The standard InChI is InChI=1S/C22H26ClN3O3/c1-4-12-29-18-10-8-17(9-11-18)14-26(3)15-22(28)24-13-21(27)25-20-7-5-6-19(23)16(20)2/h4-11H,1,12-15H2,2-3H3,(H,24,28)(H,25,27)/p+1. The van der Waals surface area contributed by atoms with Crippen molar-refractivity contribution >= 4 is 29.1 Å². The molecule has 3 N–H and O–H groups in total. The summed E-state index contributed by atoms with van der Waals surface area (Å²) in [5.41, 5.74) is 2.52. The normalized spacial score (nSPS) is 11.4. The van der Waals surface area contributed by atoms with Gasteiger partial charge in [0.25, 0.3) is 5.91 Å². The quantitative estimate of drug-likeness (QED) is 0.519. The third-order valence-electron chi connectivity index (χ3n) is 4.25. The number of rotatable bonds is 10. The zero-order chi connectivity index (χ0) is 21.2. The summed E-state index contributed by atoms with van der Waals surface area (Å²) < 4.78 is 5.46. The number of nitrogens with one attached hydrogen (secondary N) is 3. The van der Waals surface area contributed by atoms with Crippen LogP contribution in [0.15, 0.2) is 55.1 Å². The van der Waals surface area contributed by atoms with Gasteiger partial charge in [-0.3, -0.25) is 9.59 Å². The van der Waals surface area contributed by atoms with Crippen LogP contribution < -0.4 is 20.3 Å². The summed E-state index contributed by atoms with van der Waals surface area (Å²) in [6.07, 6.45) is 1.70. The highest BCUT2D eigenvalue weighted by Gasteiger charge is 2.13. The van der Waals surface area contributed by atoms with E-state index in [2.05, 4.69) is 17.2 Å². The van der Waals surface area contributed by atoms with E-state index in [0.29, 0.717) is 23.9 Å². The van der Waals surface area contributed by atoms with Crippen LogP contribution in [-0.4, -0.2) is 38.6 Å². The van der Waals surface area contributed by atoms with Crippen LogP contribution in [0, 0.1) is 6.92 Å². The lowest BCUT2D eigenvalue weighted by Crippen LogP contribution is -3.08. The molecular formula is C22H27ClN3O3+. The summed E-state index contributed by atoms with van der Waals surface area (Å²) in [6, 6.07) is 13.0. The van der Waals surface area contributed by atoms with E-state index in [9.17, 15) is 9.59 Å². The zero-order valence-corrected chi connectivity index (χ0v) is 17.5. The van der Waals surface area contributed by atoms with Crippen LogP contribution in [-0.2, 0) is 16.1 Å². The second-order valence-electron chi connectivity index (χ2n) is 6.79. The number of likely N-dealkylation sites (N-methyl/N-ethyl adjacent to an activating group) is 1. The van der Waals surface area contributed by atoms with Crippen LogP contribution in [0.25, 0.3) is 0 Å².